The van der Waals surface area contributed by atoms with Crippen LogP contribution in [0.15, 0.2) is 29.3 Å². The minimum absolute atomic E-state index is 0.0933. The quantitative estimate of drug-likeness (QED) is 0.895. The Balaban J connectivity index is 1.93. The molecule has 0 radical (unpaired) electrons. The number of carbonyl (C=O) groups excluding carboxylic acids is 1. The maximum Gasteiger partial charge on any atom is 0.387 e. The van der Waals surface area contributed by atoms with Gasteiger partial charge in [-0.1, -0.05) is 12.1 Å². The summed E-state index contributed by atoms with van der Waals surface area (Å²) < 4.78 is 33.5. The van der Waals surface area contributed by atoms with Crippen molar-refractivity contribution in [3.05, 3.63) is 29.8 Å². The van der Waals surface area contributed by atoms with E-state index in [1.54, 1.807) is 19.1 Å². The summed E-state index contributed by atoms with van der Waals surface area (Å²) in [4.78, 5) is 15.1. The zero-order valence-electron chi connectivity index (χ0n) is 10.8. The summed E-state index contributed by atoms with van der Waals surface area (Å²) in [5.74, 6) is -0.316. The van der Waals surface area contributed by atoms with E-state index in [2.05, 4.69) is 9.73 Å². The molecule has 108 valence electrons. The normalized spacial score (nSPS) is 21.8. The van der Waals surface area contributed by atoms with Gasteiger partial charge in [0.25, 0.3) is 11.9 Å². The molecule has 7 heteroatoms. The zero-order chi connectivity index (χ0) is 14.8. The molecule has 0 saturated carbocycles. The first-order valence-corrected chi connectivity index (χ1v) is 6.00. The largest absolute Gasteiger partial charge is 0.449 e. The van der Waals surface area contributed by atoms with E-state index in [4.69, 9.17) is 10.5 Å². The lowest BCUT2D eigenvalue weighted by Gasteiger charge is -2.20. The van der Waals surface area contributed by atoms with Gasteiger partial charge in [0.05, 0.1) is 0 Å². The Hall–Kier alpha value is -2.18. The van der Waals surface area contributed by atoms with Crippen LogP contribution in [-0.4, -0.2) is 24.1 Å². The van der Waals surface area contributed by atoms with Crippen LogP contribution in [0.3, 0.4) is 0 Å². The van der Waals surface area contributed by atoms with Crippen molar-refractivity contribution in [3.63, 3.8) is 0 Å². The van der Waals surface area contributed by atoms with E-state index in [1.165, 1.54) is 12.1 Å². The second-order valence-electron chi connectivity index (χ2n) is 4.61. The second-order valence-corrected chi connectivity index (χ2v) is 4.61. The molecule has 0 bridgehead atoms. The highest BCUT2D eigenvalue weighted by Gasteiger charge is 2.40. The van der Waals surface area contributed by atoms with Crippen molar-refractivity contribution in [3.8, 4) is 5.75 Å². The number of rotatable bonds is 5. The molecule has 5 nitrogen and oxygen atoms in total. The molecule has 20 heavy (non-hydrogen) atoms. The smallest absolute Gasteiger partial charge is 0.387 e. The van der Waals surface area contributed by atoms with Gasteiger partial charge < -0.3 is 15.2 Å². The molecule has 1 aromatic carbocycles. The Morgan fingerprint density at radius 1 is 1.40 bits per heavy atom. The lowest BCUT2D eigenvalue weighted by molar-refractivity contribution is -0.129. The van der Waals surface area contributed by atoms with Gasteiger partial charge >= 0.3 is 6.61 Å². The highest BCUT2D eigenvalue weighted by atomic mass is 19.3. The third kappa shape index (κ3) is 3.23. The van der Waals surface area contributed by atoms with Crippen molar-refractivity contribution in [1.29, 1.82) is 0 Å². The molecule has 0 saturated heterocycles. The van der Waals surface area contributed by atoms with Crippen LogP contribution in [0.2, 0.25) is 0 Å². The molecule has 1 heterocycles. The van der Waals surface area contributed by atoms with Gasteiger partial charge in [0, 0.05) is 6.42 Å². The molecule has 1 amide bonds. The van der Waals surface area contributed by atoms with E-state index in [0.29, 0.717) is 12.8 Å². The van der Waals surface area contributed by atoms with E-state index >= 15 is 0 Å². The van der Waals surface area contributed by atoms with Gasteiger partial charge in [0.1, 0.15) is 5.75 Å². The third-order valence-electron chi connectivity index (χ3n) is 3.03. The Morgan fingerprint density at radius 2 is 2.05 bits per heavy atom. The highest BCUT2D eigenvalue weighted by molar-refractivity contribution is 6.00. The molecule has 1 atom stereocenters. The maximum absolute atomic E-state index is 12.0. The lowest BCUT2D eigenvalue weighted by atomic mass is 9.96. The number of hydrogen-bond donors (Lipinski definition) is 1. The predicted molar refractivity (Wildman–Crippen MR) is 67.5 cm³/mol. The van der Waals surface area contributed by atoms with E-state index in [9.17, 15) is 13.6 Å². The van der Waals surface area contributed by atoms with Crippen LogP contribution in [-0.2, 0) is 16.0 Å². The number of carbonyl (C=O) groups is 1. The van der Waals surface area contributed by atoms with Gasteiger partial charge in [-0.05, 0) is 31.0 Å². The summed E-state index contributed by atoms with van der Waals surface area (Å²) in [7, 11) is 0. The molecule has 0 spiro atoms. The number of amides is 1. The number of halogens is 2. The zero-order valence-corrected chi connectivity index (χ0v) is 10.8. The van der Waals surface area contributed by atoms with Gasteiger partial charge in [0.2, 0.25) is 0 Å². The molecule has 2 N–H and O–H groups in total. The summed E-state index contributed by atoms with van der Waals surface area (Å²) in [5, 5.41) is 0. The molecule has 2 rings (SSSR count). The van der Waals surface area contributed by atoms with Crippen LogP contribution in [0, 0.1) is 0 Å². The molecule has 0 aliphatic carbocycles. The average Bonchev–Trinajstić information content (AvgIpc) is 2.62. The number of ether oxygens (including phenoxy) is 2. The van der Waals surface area contributed by atoms with E-state index in [-0.39, 0.29) is 11.8 Å². The van der Waals surface area contributed by atoms with Crippen LogP contribution in [0.1, 0.15) is 18.9 Å². The second kappa shape index (κ2) is 5.44. The minimum atomic E-state index is -2.84. The van der Waals surface area contributed by atoms with Crippen LogP contribution in [0.5, 0.6) is 5.75 Å². The van der Waals surface area contributed by atoms with E-state index in [0.717, 1.165) is 5.56 Å². The number of aliphatic imine (C=N–C) groups is 1. The number of nitrogens with zero attached hydrogens (tertiary/aromatic N) is 1. The van der Waals surface area contributed by atoms with Gasteiger partial charge in [-0.15, -0.1) is 0 Å². The Labute approximate surface area is 114 Å². The summed E-state index contributed by atoms with van der Waals surface area (Å²) >= 11 is 0. The first-order valence-electron chi connectivity index (χ1n) is 6.00. The Morgan fingerprint density at radius 3 is 2.55 bits per heavy atom. The number of aryl methyl sites for hydroxylation is 1. The molecule has 1 unspecified atom stereocenters. The summed E-state index contributed by atoms with van der Waals surface area (Å²) in [6, 6.07) is 6.09. The molecular weight excluding hydrogens is 270 g/mol. The van der Waals surface area contributed by atoms with Gasteiger partial charge in [-0.2, -0.15) is 13.8 Å². The molecule has 0 aromatic heterocycles. The van der Waals surface area contributed by atoms with E-state index in [1.807, 2.05) is 0 Å². The van der Waals surface area contributed by atoms with Crippen molar-refractivity contribution in [1.82, 2.24) is 0 Å². The highest BCUT2D eigenvalue weighted by Crippen LogP contribution is 2.25. The lowest BCUT2D eigenvalue weighted by Crippen LogP contribution is -2.35. The summed E-state index contributed by atoms with van der Waals surface area (Å²) in [6.45, 7) is -1.23. The molecule has 1 aliphatic rings. The first kappa shape index (κ1) is 14.2. The summed E-state index contributed by atoms with van der Waals surface area (Å²) in [5.41, 5.74) is 5.17. The Kier molecular flexibility index (Phi) is 3.87. The van der Waals surface area contributed by atoms with Crippen LogP contribution < -0.4 is 10.5 Å². The Bertz CT molecular complexity index is 531. The number of benzene rings is 1. The summed E-state index contributed by atoms with van der Waals surface area (Å²) in [6.07, 6.45) is 0.922. The fourth-order valence-electron chi connectivity index (χ4n) is 1.89. The fraction of sp³-hybridized carbons (Fsp3) is 0.385. The van der Waals surface area contributed by atoms with Crippen molar-refractivity contribution < 1.29 is 23.0 Å². The monoisotopic (exact) mass is 284 g/mol. The first-order chi connectivity index (χ1) is 9.39. The van der Waals surface area contributed by atoms with Crippen LogP contribution >= 0.6 is 0 Å². The molecular formula is C13H14F2N2O3. The minimum Gasteiger partial charge on any atom is -0.449 e. The maximum atomic E-state index is 12.0. The number of hydrogen-bond acceptors (Lipinski definition) is 4. The fourth-order valence-corrected chi connectivity index (χ4v) is 1.89. The van der Waals surface area contributed by atoms with Gasteiger partial charge in [-0.3, -0.25) is 4.79 Å². The SMILES string of the molecule is CC1(CCc2ccc(OC(F)F)cc2)OC(N)=NC1=O. The van der Waals surface area contributed by atoms with Crippen molar-refractivity contribution in [2.45, 2.75) is 32.0 Å². The van der Waals surface area contributed by atoms with E-state index < -0.39 is 18.1 Å². The molecule has 1 aromatic rings. The molecule has 1 aliphatic heterocycles. The third-order valence-corrected chi connectivity index (χ3v) is 3.03. The standard InChI is InChI=1S/C13H14F2N2O3/c1-13(10(18)17-12(16)20-13)7-6-8-2-4-9(5-3-8)19-11(14)15/h2-5,11H,6-7H2,1H3,(H2,16,17,18). The predicted octanol–water partition coefficient (Wildman–Crippen LogP) is 1.85. The number of nitrogens with two attached hydrogens (primary N) is 1. The van der Waals surface area contributed by atoms with Crippen molar-refractivity contribution >= 4 is 11.9 Å². The van der Waals surface area contributed by atoms with Gasteiger partial charge in [0.15, 0.2) is 5.60 Å². The topological polar surface area (TPSA) is 73.9 Å². The van der Waals surface area contributed by atoms with Gasteiger partial charge in [-0.25, -0.2) is 0 Å². The molecule has 0 fully saturated rings. The van der Waals surface area contributed by atoms with Crippen molar-refractivity contribution in [2.75, 3.05) is 0 Å². The average molecular weight is 284 g/mol. The number of amidine groups is 1. The van der Waals surface area contributed by atoms with Crippen LogP contribution in [0.4, 0.5) is 8.78 Å². The van der Waals surface area contributed by atoms with Crippen LogP contribution in [0.25, 0.3) is 0 Å². The number of alkyl halides is 2. The van der Waals surface area contributed by atoms with Crippen molar-refractivity contribution in [2.24, 2.45) is 10.7 Å².